The Balaban J connectivity index is 1.40. The maximum absolute atomic E-state index is 12.8. The summed E-state index contributed by atoms with van der Waals surface area (Å²) in [5.74, 6) is 1.88. The van der Waals surface area contributed by atoms with E-state index < -0.39 is 0 Å². The summed E-state index contributed by atoms with van der Waals surface area (Å²) in [6, 6.07) is 6.69. The highest BCUT2D eigenvalue weighted by molar-refractivity contribution is 8.26. The number of hydrogen-bond donors (Lipinski definition) is 0. The van der Waals surface area contributed by atoms with E-state index in [1.165, 1.54) is 6.21 Å². The molecular formula is C19H10Cl2N2O5S2. The third kappa shape index (κ3) is 3.47. The molecule has 1 saturated heterocycles. The standard InChI is InChI=1S/C19H10Cl2N2O5S2/c20-11-4-15-13(25-7-27-15)1-9(11)3-17-18(24)23(19(29)30-17)22-6-10-2-14-16(5-12(10)21)28-8-26-14/h1-6H,7-8H2/b17-3-,22-6?. The lowest BCUT2D eigenvalue weighted by Gasteiger charge is -2.07. The zero-order chi connectivity index (χ0) is 20.8. The summed E-state index contributed by atoms with van der Waals surface area (Å²) in [4.78, 5) is 13.2. The Labute approximate surface area is 190 Å². The van der Waals surface area contributed by atoms with Crippen LogP contribution < -0.4 is 18.9 Å². The molecule has 3 aliphatic heterocycles. The summed E-state index contributed by atoms with van der Waals surface area (Å²) in [6.07, 6.45) is 3.10. The van der Waals surface area contributed by atoms with Gasteiger partial charge in [0.15, 0.2) is 27.3 Å². The summed E-state index contributed by atoms with van der Waals surface area (Å²) in [5.41, 5.74) is 1.18. The molecule has 1 amide bonds. The van der Waals surface area contributed by atoms with E-state index in [0.29, 0.717) is 49.1 Å². The molecule has 3 aliphatic rings. The van der Waals surface area contributed by atoms with Crippen LogP contribution in [0.2, 0.25) is 10.0 Å². The Kier molecular flexibility index (Phi) is 4.98. The van der Waals surface area contributed by atoms with E-state index >= 15 is 0 Å². The fraction of sp³-hybridized carbons (Fsp3) is 0.105. The minimum absolute atomic E-state index is 0.133. The lowest BCUT2D eigenvalue weighted by Crippen LogP contribution is -2.22. The highest BCUT2D eigenvalue weighted by atomic mass is 35.5. The number of hydrogen-bond acceptors (Lipinski definition) is 8. The molecular weight excluding hydrogens is 471 g/mol. The second-order valence-corrected chi connectivity index (χ2v) is 8.68. The van der Waals surface area contributed by atoms with Crippen LogP contribution in [0.15, 0.2) is 34.3 Å². The molecule has 2 aromatic rings. The molecule has 30 heavy (non-hydrogen) atoms. The number of hydrazone groups is 1. The number of carbonyl (C=O) groups excluding carboxylic acids is 1. The van der Waals surface area contributed by atoms with Crippen LogP contribution in [0, 0.1) is 0 Å². The summed E-state index contributed by atoms with van der Waals surface area (Å²) in [5, 5.41) is 6.19. The van der Waals surface area contributed by atoms with Gasteiger partial charge < -0.3 is 18.9 Å². The van der Waals surface area contributed by atoms with Gasteiger partial charge in [0.25, 0.3) is 5.91 Å². The molecule has 3 heterocycles. The van der Waals surface area contributed by atoms with Crippen molar-refractivity contribution < 1.29 is 23.7 Å². The Bertz CT molecular complexity index is 1170. The Morgan fingerprint density at radius 2 is 1.47 bits per heavy atom. The van der Waals surface area contributed by atoms with Gasteiger partial charge in [-0.25, -0.2) is 0 Å². The van der Waals surface area contributed by atoms with Gasteiger partial charge in [-0.2, -0.15) is 10.1 Å². The average Bonchev–Trinajstić information content (AvgIpc) is 3.41. The van der Waals surface area contributed by atoms with Gasteiger partial charge in [0.1, 0.15) is 0 Å². The van der Waals surface area contributed by atoms with Crippen LogP contribution in [0.25, 0.3) is 6.08 Å². The monoisotopic (exact) mass is 480 g/mol. The Morgan fingerprint density at radius 3 is 2.10 bits per heavy atom. The van der Waals surface area contributed by atoms with E-state index in [1.54, 1.807) is 30.3 Å². The van der Waals surface area contributed by atoms with Crippen molar-refractivity contribution in [2.45, 2.75) is 0 Å². The third-order valence-electron chi connectivity index (χ3n) is 4.36. The van der Waals surface area contributed by atoms with E-state index in [0.717, 1.165) is 16.8 Å². The van der Waals surface area contributed by atoms with Crippen LogP contribution in [0.5, 0.6) is 23.0 Å². The Hall–Kier alpha value is -2.46. The van der Waals surface area contributed by atoms with Crippen LogP contribution in [0.3, 0.4) is 0 Å². The van der Waals surface area contributed by atoms with Crippen molar-refractivity contribution in [3.63, 3.8) is 0 Å². The van der Waals surface area contributed by atoms with Crippen molar-refractivity contribution in [2.24, 2.45) is 5.10 Å². The van der Waals surface area contributed by atoms with Gasteiger partial charge in [0, 0.05) is 17.7 Å². The smallest absolute Gasteiger partial charge is 0.286 e. The second-order valence-electron chi connectivity index (χ2n) is 6.19. The number of carbonyl (C=O) groups is 1. The first kappa shape index (κ1) is 19.5. The van der Waals surface area contributed by atoms with E-state index in [1.807, 2.05) is 0 Å². The van der Waals surface area contributed by atoms with Crippen molar-refractivity contribution in [1.82, 2.24) is 5.01 Å². The molecule has 152 valence electrons. The average molecular weight is 481 g/mol. The number of thioether (sulfide) groups is 1. The molecule has 0 spiro atoms. The molecule has 0 unspecified atom stereocenters. The maximum Gasteiger partial charge on any atom is 0.286 e. The van der Waals surface area contributed by atoms with Gasteiger partial charge in [0.2, 0.25) is 13.6 Å². The minimum Gasteiger partial charge on any atom is -0.454 e. The summed E-state index contributed by atoms with van der Waals surface area (Å²) in [7, 11) is 0. The molecule has 0 bridgehead atoms. The van der Waals surface area contributed by atoms with Crippen LogP contribution in [0.4, 0.5) is 0 Å². The number of amides is 1. The van der Waals surface area contributed by atoms with Gasteiger partial charge in [0.05, 0.1) is 21.2 Å². The fourth-order valence-corrected chi connectivity index (χ4v) is 4.47. The van der Waals surface area contributed by atoms with Crippen molar-refractivity contribution >= 4 is 69.7 Å². The highest BCUT2D eigenvalue weighted by Crippen LogP contribution is 2.40. The normalized spacial score (nSPS) is 18.3. The van der Waals surface area contributed by atoms with Gasteiger partial charge >= 0.3 is 0 Å². The quantitative estimate of drug-likeness (QED) is 0.358. The summed E-state index contributed by atoms with van der Waals surface area (Å²) in [6.45, 7) is 0.266. The van der Waals surface area contributed by atoms with E-state index in [2.05, 4.69) is 5.10 Å². The number of halogens is 2. The molecule has 5 rings (SSSR count). The highest BCUT2D eigenvalue weighted by Gasteiger charge is 2.32. The van der Waals surface area contributed by atoms with Crippen LogP contribution in [-0.4, -0.2) is 35.0 Å². The summed E-state index contributed by atoms with van der Waals surface area (Å²) >= 11 is 19.0. The van der Waals surface area contributed by atoms with Gasteiger partial charge in [-0.1, -0.05) is 35.0 Å². The molecule has 7 nitrogen and oxygen atoms in total. The molecule has 0 atom stereocenters. The van der Waals surface area contributed by atoms with Crippen LogP contribution in [0.1, 0.15) is 11.1 Å². The predicted octanol–water partition coefficient (Wildman–Crippen LogP) is 4.69. The molecule has 1 fully saturated rings. The zero-order valence-electron chi connectivity index (χ0n) is 14.9. The molecule has 0 saturated carbocycles. The molecule has 0 aromatic heterocycles. The number of thiocarbonyl (C=S) groups is 1. The first-order chi connectivity index (χ1) is 14.5. The second kappa shape index (κ2) is 7.66. The lowest BCUT2D eigenvalue weighted by molar-refractivity contribution is -0.122. The predicted molar refractivity (Wildman–Crippen MR) is 118 cm³/mol. The lowest BCUT2D eigenvalue weighted by atomic mass is 10.2. The molecule has 0 aliphatic carbocycles. The topological polar surface area (TPSA) is 69.6 Å². The fourth-order valence-electron chi connectivity index (χ4n) is 2.90. The molecule has 11 heteroatoms. The van der Waals surface area contributed by atoms with Crippen molar-refractivity contribution in [3.05, 3.63) is 50.3 Å². The number of fused-ring (bicyclic) bond motifs is 2. The van der Waals surface area contributed by atoms with Gasteiger partial charge in [-0.3, -0.25) is 4.79 Å². The van der Waals surface area contributed by atoms with Crippen molar-refractivity contribution in [2.75, 3.05) is 13.6 Å². The van der Waals surface area contributed by atoms with Crippen LogP contribution >= 0.6 is 47.2 Å². The van der Waals surface area contributed by atoms with Gasteiger partial charge in [-0.15, -0.1) is 0 Å². The first-order valence-electron chi connectivity index (χ1n) is 8.50. The maximum atomic E-state index is 12.8. The van der Waals surface area contributed by atoms with E-state index in [9.17, 15) is 4.79 Å². The molecule has 2 aromatic carbocycles. The summed E-state index contributed by atoms with van der Waals surface area (Å²) < 4.78 is 21.6. The molecule has 0 radical (unpaired) electrons. The third-order valence-corrected chi connectivity index (χ3v) is 6.29. The van der Waals surface area contributed by atoms with Crippen molar-refractivity contribution in [1.29, 1.82) is 0 Å². The largest absolute Gasteiger partial charge is 0.454 e. The van der Waals surface area contributed by atoms with E-state index in [-0.39, 0.29) is 23.8 Å². The Morgan fingerprint density at radius 1 is 0.933 bits per heavy atom. The number of ether oxygens (including phenoxy) is 4. The van der Waals surface area contributed by atoms with Crippen LogP contribution in [-0.2, 0) is 4.79 Å². The number of rotatable bonds is 3. The number of nitrogens with zero attached hydrogens (tertiary/aromatic N) is 2. The first-order valence-corrected chi connectivity index (χ1v) is 10.5. The SMILES string of the molecule is O=C1/C(=C/c2cc3c(cc2Cl)OCO3)SC(=S)N1N=Cc1cc2c(cc1Cl)OCO2. The van der Waals surface area contributed by atoms with E-state index in [4.69, 9.17) is 54.4 Å². The number of benzene rings is 2. The molecule has 0 N–H and O–H groups in total. The zero-order valence-corrected chi connectivity index (χ0v) is 18.0. The minimum atomic E-state index is -0.369. The van der Waals surface area contributed by atoms with Gasteiger partial charge in [-0.05, 0) is 36.0 Å². The van der Waals surface area contributed by atoms with Crippen molar-refractivity contribution in [3.8, 4) is 23.0 Å².